The zero-order chi connectivity index (χ0) is 19.8. The van der Waals surface area contributed by atoms with Crippen LogP contribution >= 0.6 is 0 Å². The molecule has 0 radical (unpaired) electrons. The number of hydrogen-bond acceptors (Lipinski definition) is 3. The second-order valence-corrected chi connectivity index (χ2v) is 7.12. The van der Waals surface area contributed by atoms with Gasteiger partial charge in [0.2, 0.25) is 0 Å². The fourth-order valence-electron chi connectivity index (χ4n) is 3.68. The zero-order valence-electron chi connectivity index (χ0n) is 16.9. The summed E-state index contributed by atoms with van der Waals surface area (Å²) in [6, 6.07) is 14.4. The third kappa shape index (κ3) is 5.49. The van der Waals surface area contributed by atoms with E-state index in [-0.39, 0.29) is 5.91 Å². The molecule has 0 aliphatic carbocycles. The van der Waals surface area contributed by atoms with Gasteiger partial charge in [0.15, 0.2) is 18.0 Å². The number of amides is 1. The number of rotatable bonds is 9. The number of quaternary nitrogens is 1. The van der Waals surface area contributed by atoms with E-state index in [2.05, 4.69) is 29.6 Å². The molecule has 1 unspecified atom stereocenters. The summed E-state index contributed by atoms with van der Waals surface area (Å²) in [5, 5.41) is 3.06. The molecule has 5 heteroatoms. The summed E-state index contributed by atoms with van der Waals surface area (Å²) in [5.74, 6) is 1.74. The monoisotopic (exact) mass is 383 g/mol. The van der Waals surface area contributed by atoms with E-state index in [9.17, 15) is 4.79 Å². The maximum Gasteiger partial charge on any atom is 0.275 e. The molecule has 3 rings (SSSR count). The molecular weight excluding hydrogens is 352 g/mol. The second kappa shape index (κ2) is 10.1. The topological polar surface area (TPSA) is 52.0 Å². The summed E-state index contributed by atoms with van der Waals surface area (Å²) in [7, 11) is 0. The SMILES string of the molecule is CCOc1cc2c(cc1OCC)C[NH+](CC(=O)NCCc1ccccc1)CC2. The molecule has 150 valence electrons. The van der Waals surface area contributed by atoms with Crippen LogP contribution in [0.5, 0.6) is 11.5 Å². The van der Waals surface area contributed by atoms with E-state index >= 15 is 0 Å². The Hall–Kier alpha value is -2.53. The van der Waals surface area contributed by atoms with Gasteiger partial charge in [-0.2, -0.15) is 0 Å². The second-order valence-electron chi connectivity index (χ2n) is 7.12. The van der Waals surface area contributed by atoms with Crippen molar-refractivity contribution in [2.75, 3.05) is 32.8 Å². The third-order valence-electron chi connectivity index (χ3n) is 5.04. The van der Waals surface area contributed by atoms with Crippen LogP contribution in [0.4, 0.5) is 0 Å². The van der Waals surface area contributed by atoms with Gasteiger partial charge in [0.05, 0.1) is 19.8 Å². The molecule has 1 aliphatic rings. The number of fused-ring (bicyclic) bond motifs is 1. The molecule has 0 spiro atoms. The first-order valence-electron chi connectivity index (χ1n) is 10.2. The summed E-state index contributed by atoms with van der Waals surface area (Å²) in [6.45, 7) is 8.18. The Labute approximate surface area is 167 Å². The number of hydrogen-bond donors (Lipinski definition) is 2. The molecule has 0 saturated carbocycles. The Morgan fingerprint density at radius 1 is 1.04 bits per heavy atom. The van der Waals surface area contributed by atoms with Gasteiger partial charge in [-0.15, -0.1) is 0 Å². The summed E-state index contributed by atoms with van der Waals surface area (Å²) >= 11 is 0. The molecule has 2 aromatic rings. The van der Waals surface area contributed by atoms with Crippen molar-refractivity contribution in [3.05, 3.63) is 59.2 Å². The fraction of sp³-hybridized carbons (Fsp3) is 0.435. The lowest BCUT2D eigenvalue weighted by Gasteiger charge is -2.26. The minimum atomic E-state index is 0.116. The number of carbonyl (C=O) groups is 1. The fourth-order valence-corrected chi connectivity index (χ4v) is 3.68. The van der Waals surface area contributed by atoms with Gasteiger partial charge in [-0.25, -0.2) is 0 Å². The van der Waals surface area contributed by atoms with Crippen molar-refractivity contribution >= 4 is 5.91 Å². The van der Waals surface area contributed by atoms with E-state index < -0.39 is 0 Å². The Kier molecular flexibility index (Phi) is 7.31. The minimum Gasteiger partial charge on any atom is -0.490 e. The van der Waals surface area contributed by atoms with E-state index in [0.717, 1.165) is 37.4 Å². The van der Waals surface area contributed by atoms with Gasteiger partial charge in [-0.3, -0.25) is 4.79 Å². The summed E-state index contributed by atoms with van der Waals surface area (Å²) in [5.41, 5.74) is 3.81. The normalized spacial score (nSPS) is 15.6. The van der Waals surface area contributed by atoms with Crippen molar-refractivity contribution in [3.8, 4) is 11.5 Å². The molecule has 0 aromatic heterocycles. The molecule has 1 amide bonds. The van der Waals surface area contributed by atoms with Crippen molar-refractivity contribution in [3.63, 3.8) is 0 Å². The predicted molar refractivity (Wildman–Crippen MR) is 110 cm³/mol. The Balaban J connectivity index is 1.53. The van der Waals surface area contributed by atoms with Gasteiger partial charge in [0, 0.05) is 18.5 Å². The molecule has 2 N–H and O–H groups in total. The van der Waals surface area contributed by atoms with Crippen molar-refractivity contribution in [2.45, 2.75) is 33.2 Å². The number of ether oxygens (including phenoxy) is 2. The molecule has 0 bridgehead atoms. The number of nitrogens with one attached hydrogen (secondary N) is 2. The Morgan fingerprint density at radius 2 is 1.71 bits per heavy atom. The highest BCUT2D eigenvalue weighted by Gasteiger charge is 2.24. The molecule has 28 heavy (non-hydrogen) atoms. The first kappa shape index (κ1) is 20.2. The number of benzene rings is 2. The molecule has 0 saturated heterocycles. The molecular formula is C23H31N2O3+. The lowest BCUT2D eigenvalue weighted by atomic mass is 9.98. The van der Waals surface area contributed by atoms with Crippen LogP contribution in [0.2, 0.25) is 0 Å². The van der Waals surface area contributed by atoms with Crippen LogP contribution in [0.1, 0.15) is 30.5 Å². The highest BCUT2D eigenvalue weighted by molar-refractivity contribution is 5.76. The van der Waals surface area contributed by atoms with Crippen molar-refractivity contribution in [1.82, 2.24) is 5.32 Å². The first-order chi connectivity index (χ1) is 13.7. The van der Waals surface area contributed by atoms with Crippen LogP contribution in [-0.2, 0) is 24.2 Å². The standard InChI is InChI=1S/C23H30N2O3/c1-3-27-21-14-19-11-13-25(16-20(19)15-22(21)28-4-2)17-23(26)24-12-10-18-8-6-5-7-9-18/h5-9,14-15H,3-4,10-13,16-17H2,1-2H3,(H,24,26)/p+1. The minimum absolute atomic E-state index is 0.116. The largest absolute Gasteiger partial charge is 0.490 e. The van der Waals surface area contributed by atoms with Crippen LogP contribution < -0.4 is 19.7 Å². The van der Waals surface area contributed by atoms with Gasteiger partial charge >= 0.3 is 0 Å². The lowest BCUT2D eigenvalue weighted by molar-refractivity contribution is -0.908. The first-order valence-corrected chi connectivity index (χ1v) is 10.2. The van der Waals surface area contributed by atoms with E-state index in [1.165, 1.54) is 21.6 Å². The molecule has 1 heterocycles. The molecule has 5 nitrogen and oxygen atoms in total. The van der Waals surface area contributed by atoms with Gasteiger partial charge < -0.3 is 19.7 Å². The average molecular weight is 384 g/mol. The van der Waals surface area contributed by atoms with Crippen LogP contribution in [0, 0.1) is 0 Å². The van der Waals surface area contributed by atoms with E-state index in [0.29, 0.717) is 26.3 Å². The Bertz CT molecular complexity index is 777. The van der Waals surface area contributed by atoms with Crippen LogP contribution in [0.3, 0.4) is 0 Å². The molecule has 1 aliphatic heterocycles. The molecule has 0 fully saturated rings. The molecule has 1 atom stereocenters. The van der Waals surface area contributed by atoms with E-state index in [1.54, 1.807) is 0 Å². The van der Waals surface area contributed by atoms with Gasteiger partial charge in [0.25, 0.3) is 5.91 Å². The van der Waals surface area contributed by atoms with E-state index in [1.807, 2.05) is 32.0 Å². The zero-order valence-corrected chi connectivity index (χ0v) is 16.9. The maximum absolute atomic E-state index is 12.3. The van der Waals surface area contributed by atoms with Crippen molar-refractivity contribution < 1.29 is 19.2 Å². The third-order valence-corrected chi connectivity index (χ3v) is 5.04. The van der Waals surface area contributed by atoms with E-state index in [4.69, 9.17) is 9.47 Å². The smallest absolute Gasteiger partial charge is 0.275 e. The quantitative estimate of drug-likeness (QED) is 0.694. The number of carbonyl (C=O) groups excluding carboxylic acids is 1. The lowest BCUT2D eigenvalue weighted by Crippen LogP contribution is -3.12. The highest BCUT2D eigenvalue weighted by Crippen LogP contribution is 2.32. The summed E-state index contributed by atoms with van der Waals surface area (Å²) < 4.78 is 11.5. The maximum atomic E-state index is 12.3. The average Bonchev–Trinajstić information content (AvgIpc) is 2.70. The van der Waals surface area contributed by atoms with Crippen LogP contribution in [-0.4, -0.2) is 38.8 Å². The van der Waals surface area contributed by atoms with Gasteiger partial charge in [-0.05, 0) is 43.5 Å². The van der Waals surface area contributed by atoms with Crippen LogP contribution in [0.25, 0.3) is 0 Å². The summed E-state index contributed by atoms with van der Waals surface area (Å²) in [6.07, 6.45) is 1.82. The van der Waals surface area contributed by atoms with Crippen LogP contribution in [0.15, 0.2) is 42.5 Å². The Morgan fingerprint density at radius 3 is 2.39 bits per heavy atom. The van der Waals surface area contributed by atoms with Gasteiger partial charge in [-0.1, -0.05) is 30.3 Å². The molecule has 2 aromatic carbocycles. The predicted octanol–water partition coefficient (Wildman–Crippen LogP) is 1.78. The van der Waals surface area contributed by atoms with Crippen molar-refractivity contribution in [2.24, 2.45) is 0 Å². The van der Waals surface area contributed by atoms with Gasteiger partial charge in [0.1, 0.15) is 6.54 Å². The highest BCUT2D eigenvalue weighted by atomic mass is 16.5. The van der Waals surface area contributed by atoms with Crippen molar-refractivity contribution in [1.29, 1.82) is 0 Å². The summed E-state index contributed by atoms with van der Waals surface area (Å²) in [4.78, 5) is 13.6.